The van der Waals surface area contributed by atoms with Gasteiger partial charge in [0.1, 0.15) is 5.37 Å². The van der Waals surface area contributed by atoms with E-state index in [1.807, 2.05) is 56.5 Å². The summed E-state index contributed by atoms with van der Waals surface area (Å²) in [4.78, 5) is 35.5. The molecule has 1 atom stereocenters. The maximum Gasteiger partial charge on any atom is 0.349 e. The van der Waals surface area contributed by atoms with Gasteiger partial charge in [0.15, 0.2) is 0 Å². The lowest BCUT2D eigenvalue weighted by molar-refractivity contribution is -0.0525. The number of ketones is 1. The number of carbonyl (C=O) groups excluding carboxylic acids is 2. The van der Waals surface area contributed by atoms with Gasteiger partial charge in [-0.15, -0.1) is 11.8 Å². The highest BCUT2D eigenvalue weighted by Gasteiger charge is 2.27. The van der Waals surface area contributed by atoms with Crippen LogP contribution < -0.4 is 10.8 Å². The van der Waals surface area contributed by atoms with E-state index in [9.17, 15) is 9.59 Å². The zero-order valence-corrected chi connectivity index (χ0v) is 17.7. The number of pyridine rings is 1. The second-order valence-electron chi connectivity index (χ2n) is 7.86. The Bertz CT molecular complexity index is 1130. The van der Waals surface area contributed by atoms with Crippen LogP contribution in [0.3, 0.4) is 0 Å². The number of hydroxylamine groups is 1. The molecule has 0 saturated heterocycles. The van der Waals surface area contributed by atoms with Crippen LogP contribution in [0.1, 0.15) is 42.1 Å². The minimum absolute atomic E-state index is 0.0746. The fourth-order valence-electron chi connectivity index (χ4n) is 3.08. The molecule has 0 radical (unpaired) electrons. The normalized spacial score (nSPS) is 16.2. The second kappa shape index (κ2) is 7.97. The zero-order valence-electron chi connectivity index (χ0n) is 16.9. The van der Waals surface area contributed by atoms with Gasteiger partial charge < -0.3 is 5.32 Å². The van der Waals surface area contributed by atoms with Gasteiger partial charge in [0.05, 0.1) is 22.4 Å². The largest absolute Gasteiger partial charge is 0.366 e. The Labute approximate surface area is 178 Å². The minimum atomic E-state index is -0.533. The van der Waals surface area contributed by atoms with Crippen molar-refractivity contribution in [2.75, 3.05) is 0 Å². The molecule has 30 heavy (non-hydrogen) atoms. The number of amides is 1. The van der Waals surface area contributed by atoms with E-state index in [1.54, 1.807) is 24.7 Å². The summed E-state index contributed by atoms with van der Waals surface area (Å²) in [5.74, 6) is -0.173. The summed E-state index contributed by atoms with van der Waals surface area (Å²) < 4.78 is 1.40. The lowest BCUT2D eigenvalue weighted by Crippen LogP contribution is -2.35. The fraction of sp³-hybridized carbons (Fsp3) is 0.227. The SMILES string of the molecule is CC(C)(C)ONC(=O)n1cc(C(=O)C2=CSC(c3cccnc3)N2)c2ccccc21. The van der Waals surface area contributed by atoms with Crippen molar-refractivity contribution in [2.24, 2.45) is 0 Å². The number of fused-ring (bicyclic) bond motifs is 1. The first kappa shape index (κ1) is 20.2. The maximum atomic E-state index is 13.3. The Kier molecular flexibility index (Phi) is 5.36. The minimum Gasteiger partial charge on any atom is -0.366 e. The van der Waals surface area contributed by atoms with Crippen molar-refractivity contribution in [3.63, 3.8) is 0 Å². The third kappa shape index (κ3) is 4.10. The number of Topliss-reactive ketones (excluding diaryl/α,β-unsaturated/α-hetero) is 1. The molecule has 3 aromatic rings. The molecule has 1 aliphatic heterocycles. The highest BCUT2D eigenvalue weighted by atomic mass is 32.2. The predicted octanol–water partition coefficient (Wildman–Crippen LogP) is 4.38. The van der Waals surface area contributed by atoms with Gasteiger partial charge in [0, 0.05) is 34.9 Å². The average Bonchev–Trinajstić information content (AvgIpc) is 3.37. The first-order chi connectivity index (χ1) is 14.3. The van der Waals surface area contributed by atoms with E-state index in [4.69, 9.17) is 4.84 Å². The highest BCUT2D eigenvalue weighted by Crippen LogP contribution is 2.35. The van der Waals surface area contributed by atoms with E-state index < -0.39 is 11.6 Å². The van der Waals surface area contributed by atoms with Gasteiger partial charge in [-0.05, 0) is 32.9 Å². The topological polar surface area (TPSA) is 85.2 Å². The van der Waals surface area contributed by atoms with Gasteiger partial charge in [-0.2, -0.15) is 0 Å². The van der Waals surface area contributed by atoms with Crippen LogP contribution in [0.2, 0.25) is 0 Å². The molecule has 0 aliphatic carbocycles. The molecule has 4 rings (SSSR count). The van der Waals surface area contributed by atoms with Crippen LogP contribution in [-0.2, 0) is 4.84 Å². The van der Waals surface area contributed by atoms with Crippen LogP contribution in [-0.4, -0.2) is 27.0 Å². The van der Waals surface area contributed by atoms with E-state index in [1.165, 1.54) is 16.3 Å². The van der Waals surface area contributed by atoms with Crippen LogP contribution in [0.15, 0.2) is 66.1 Å². The Morgan fingerprint density at radius 1 is 1.20 bits per heavy atom. The lowest BCUT2D eigenvalue weighted by Gasteiger charge is -2.19. The Morgan fingerprint density at radius 2 is 2.00 bits per heavy atom. The van der Waals surface area contributed by atoms with Crippen LogP contribution in [0.5, 0.6) is 0 Å². The van der Waals surface area contributed by atoms with Crippen molar-refractivity contribution >= 4 is 34.5 Å². The van der Waals surface area contributed by atoms with Crippen molar-refractivity contribution in [2.45, 2.75) is 31.7 Å². The molecule has 0 fully saturated rings. The Hall–Kier alpha value is -3.10. The van der Waals surface area contributed by atoms with Gasteiger partial charge in [0.25, 0.3) is 0 Å². The molecule has 0 saturated carbocycles. The number of hydrogen-bond donors (Lipinski definition) is 2. The molecule has 1 amide bonds. The number of allylic oxidation sites excluding steroid dienone is 1. The lowest BCUT2D eigenvalue weighted by atomic mass is 10.1. The first-order valence-corrected chi connectivity index (χ1v) is 10.4. The summed E-state index contributed by atoms with van der Waals surface area (Å²) in [6.45, 7) is 5.51. The van der Waals surface area contributed by atoms with E-state index in [0.717, 1.165) is 5.56 Å². The number of nitrogens with one attached hydrogen (secondary N) is 2. The second-order valence-corrected chi connectivity index (χ2v) is 8.84. The van der Waals surface area contributed by atoms with Gasteiger partial charge in [-0.1, -0.05) is 24.3 Å². The van der Waals surface area contributed by atoms with Crippen molar-refractivity contribution in [3.8, 4) is 0 Å². The number of benzene rings is 1. The molecule has 2 N–H and O–H groups in total. The molecule has 1 aliphatic rings. The average molecular weight is 423 g/mol. The third-order valence-electron chi connectivity index (χ3n) is 4.46. The Balaban J connectivity index is 1.60. The fourth-order valence-corrected chi connectivity index (χ4v) is 4.02. The van der Waals surface area contributed by atoms with Crippen molar-refractivity contribution in [3.05, 3.63) is 77.2 Å². The van der Waals surface area contributed by atoms with Gasteiger partial charge in [0.2, 0.25) is 5.78 Å². The maximum absolute atomic E-state index is 13.3. The number of aromatic nitrogens is 2. The molecule has 3 heterocycles. The highest BCUT2D eigenvalue weighted by molar-refractivity contribution is 8.02. The van der Waals surface area contributed by atoms with E-state index in [-0.39, 0.29) is 11.2 Å². The molecule has 0 bridgehead atoms. The number of carbonyl (C=O) groups is 2. The van der Waals surface area contributed by atoms with Crippen LogP contribution in [0, 0.1) is 0 Å². The summed E-state index contributed by atoms with van der Waals surface area (Å²) in [6, 6.07) is 10.7. The van der Waals surface area contributed by atoms with Gasteiger partial charge in [-0.3, -0.25) is 19.2 Å². The molecule has 1 unspecified atom stereocenters. The van der Waals surface area contributed by atoms with E-state index in [2.05, 4.69) is 15.8 Å². The first-order valence-electron chi connectivity index (χ1n) is 9.49. The molecular weight excluding hydrogens is 400 g/mol. The number of thioether (sulfide) groups is 1. The number of rotatable bonds is 4. The Morgan fingerprint density at radius 3 is 2.73 bits per heavy atom. The monoisotopic (exact) mass is 422 g/mol. The smallest absolute Gasteiger partial charge is 0.349 e. The quantitative estimate of drug-likeness (QED) is 0.479. The van der Waals surface area contributed by atoms with Crippen LogP contribution in [0.25, 0.3) is 10.9 Å². The summed E-state index contributed by atoms with van der Waals surface area (Å²) in [6.07, 6.45) is 5.04. The summed E-state index contributed by atoms with van der Waals surface area (Å²) >= 11 is 1.52. The molecular formula is C22H22N4O3S. The van der Waals surface area contributed by atoms with E-state index in [0.29, 0.717) is 22.2 Å². The van der Waals surface area contributed by atoms with Crippen molar-refractivity contribution in [1.82, 2.24) is 20.3 Å². The molecule has 154 valence electrons. The van der Waals surface area contributed by atoms with Crippen molar-refractivity contribution in [1.29, 1.82) is 0 Å². The molecule has 1 aromatic carbocycles. The predicted molar refractivity (Wildman–Crippen MR) is 117 cm³/mol. The summed E-state index contributed by atoms with van der Waals surface area (Å²) in [5, 5.41) is 5.69. The molecule has 7 nitrogen and oxygen atoms in total. The zero-order chi connectivity index (χ0) is 21.3. The standard InChI is InChI=1S/C22H22N4O3S/c1-22(2,3)29-25-21(28)26-12-16(15-8-4-5-9-18(15)26)19(27)17-13-30-20(24-17)14-7-6-10-23-11-14/h4-13,20,24H,1-3H3,(H,25,28). The van der Waals surface area contributed by atoms with E-state index >= 15 is 0 Å². The number of para-hydroxylation sites is 1. The number of hydrogen-bond acceptors (Lipinski definition) is 6. The number of nitrogens with zero attached hydrogens (tertiary/aromatic N) is 2. The van der Waals surface area contributed by atoms with Gasteiger partial charge in [-0.25, -0.2) is 10.3 Å². The molecule has 2 aromatic heterocycles. The van der Waals surface area contributed by atoms with Crippen molar-refractivity contribution < 1.29 is 14.4 Å². The summed E-state index contributed by atoms with van der Waals surface area (Å²) in [5.41, 5.74) is 4.47. The van der Waals surface area contributed by atoms with Crippen LogP contribution in [0.4, 0.5) is 4.79 Å². The molecule has 0 spiro atoms. The van der Waals surface area contributed by atoms with Gasteiger partial charge >= 0.3 is 6.03 Å². The summed E-state index contributed by atoms with van der Waals surface area (Å²) in [7, 11) is 0. The van der Waals surface area contributed by atoms with Crippen LogP contribution >= 0.6 is 11.8 Å². The molecule has 8 heteroatoms. The third-order valence-corrected chi connectivity index (χ3v) is 5.49.